The quantitative estimate of drug-likeness (QED) is 0.597. The van der Waals surface area contributed by atoms with E-state index in [1.807, 2.05) is 4.72 Å². The van der Waals surface area contributed by atoms with Crippen LogP contribution in [0.3, 0.4) is 0 Å². The smallest absolute Gasteiger partial charge is 0.265 e. The molecule has 0 spiro atoms. The van der Waals surface area contributed by atoms with Gasteiger partial charge in [0.25, 0.3) is 10.0 Å². The molecule has 2 aromatic carbocycles. The first kappa shape index (κ1) is 17.4. The normalized spacial score (nSPS) is 11.3. The molecule has 0 bridgehead atoms. The molecule has 5 nitrogen and oxygen atoms in total. The summed E-state index contributed by atoms with van der Waals surface area (Å²) in [5.74, 6) is -4.96. The van der Waals surface area contributed by atoms with Crippen molar-refractivity contribution < 1.29 is 31.4 Å². The first-order chi connectivity index (χ1) is 10.7. The van der Waals surface area contributed by atoms with Gasteiger partial charge in [-0.2, -0.15) is 0 Å². The molecule has 0 radical (unpaired) electrons. The van der Waals surface area contributed by atoms with E-state index >= 15 is 0 Å². The number of hydrogen-bond acceptors (Lipinski definition) is 4. The van der Waals surface area contributed by atoms with Gasteiger partial charge in [0.1, 0.15) is 10.7 Å². The number of anilines is 1. The number of phenolic OH excluding ortho intramolecular Hbond substituents is 1. The van der Waals surface area contributed by atoms with Crippen molar-refractivity contribution >= 4 is 31.6 Å². The van der Waals surface area contributed by atoms with E-state index in [0.29, 0.717) is 6.07 Å². The average molecular weight is 412 g/mol. The zero-order valence-electron chi connectivity index (χ0n) is 11.4. The number of nitrogens with one attached hydrogen (secondary N) is 1. The van der Waals surface area contributed by atoms with Gasteiger partial charge in [-0.25, -0.2) is 21.6 Å². The van der Waals surface area contributed by atoms with Crippen LogP contribution >= 0.6 is 15.9 Å². The molecule has 2 rings (SSSR count). The summed E-state index contributed by atoms with van der Waals surface area (Å²) >= 11 is 2.47. The molecule has 0 saturated carbocycles. The minimum Gasteiger partial charge on any atom is -0.504 e. The van der Waals surface area contributed by atoms with E-state index in [9.17, 15) is 26.7 Å². The second-order valence-electron chi connectivity index (χ2n) is 4.29. The monoisotopic (exact) mass is 411 g/mol. The van der Waals surface area contributed by atoms with Crippen molar-refractivity contribution in [1.29, 1.82) is 0 Å². The van der Waals surface area contributed by atoms with E-state index in [4.69, 9.17) is 4.74 Å². The highest BCUT2D eigenvalue weighted by Gasteiger charge is 2.26. The van der Waals surface area contributed by atoms with Crippen LogP contribution in [0, 0.1) is 17.5 Å². The SMILES string of the molecule is COc1ccc(NS(=O)(=O)c2cc(F)c(Br)c(F)c2F)cc1O. The molecule has 0 heterocycles. The maximum Gasteiger partial charge on any atom is 0.265 e. The van der Waals surface area contributed by atoms with Crippen LogP contribution in [0.4, 0.5) is 18.9 Å². The minimum atomic E-state index is -4.62. The Morgan fingerprint density at radius 3 is 2.39 bits per heavy atom. The zero-order valence-corrected chi connectivity index (χ0v) is 13.8. The molecule has 0 unspecified atom stereocenters. The Bertz CT molecular complexity index is 874. The second-order valence-corrected chi connectivity index (χ2v) is 6.73. The Labute approximate surface area is 137 Å². The van der Waals surface area contributed by atoms with Crippen molar-refractivity contribution in [2.45, 2.75) is 4.90 Å². The molecule has 2 aromatic rings. The van der Waals surface area contributed by atoms with Crippen molar-refractivity contribution in [2.75, 3.05) is 11.8 Å². The van der Waals surface area contributed by atoms with Gasteiger partial charge in [-0.3, -0.25) is 4.72 Å². The van der Waals surface area contributed by atoms with Crippen LogP contribution in [0.5, 0.6) is 11.5 Å². The molecule has 0 aliphatic rings. The number of halogens is 4. The maximum atomic E-state index is 13.8. The lowest BCUT2D eigenvalue weighted by Gasteiger charge is -2.11. The summed E-state index contributed by atoms with van der Waals surface area (Å²) in [7, 11) is -3.33. The van der Waals surface area contributed by atoms with Crippen LogP contribution in [0.15, 0.2) is 33.6 Å². The number of methoxy groups -OCH3 is 1. The van der Waals surface area contributed by atoms with Crippen LogP contribution in [0.2, 0.25) is 0 Å². The number of hydrogen-bond donors (Lipinski definition) is 2. The summed E-state index contributed by atoms with van der Waals surface area (Å²) in [6.45, 7) is 0. The standard InChI is InChI=1S/C13H9BrF3NO4S/c1-22-9-3-2-6(4-8(9)19)18-23(20,21)10-5-7(15)11(14)13(17)12(10)16/h2-5,18-19H,1H3. The highest BCUT2D eigenvalue weighted by Crippen LogP contribution is 2.31. The molecule has 2 N–H and O–H groups in total. The lowest BCUT2D eigenvalue weighted by molar-refractivity contribution is 0.373. The van der Waals surface area contributed by atoms with Gasteiger partial charge in [-0.1, -0.05) is 0 Å². The fourth-order valence-electron chi connectivity index (χ4n) is 1.71. The van der Waals surface area contributed by atoms with E-state index < -0.39 is 36.8 Å². The predicted octanol–water partition coefficient (Wildman–Crippen LogP) is 3.38. The maximum absolute atomic E-state index is 13.8. The van der Waals surface area contributed by atoms with Gasteiger partial charge in [0.15, 0.2) is 23.1 Å². The van der Waals surface area contributed by atoms with Gasteiger partial charge in [0.05, 0.1) is 17.3 Å². The fraction of sp³-hybridized carbons (Fsp3) is 0.0769. The third-order valence-corrected chi connectivity index (χ3v) is 4.90. The molecule has 0 fully saturated rings. The summed E-state index contributed by atoms with van der Waals surface area (Å²) in [5.41, 5.74) is -0.147. The molecule has 0 aliphatic carbocycles. The average Bonchev–Trinajstić information content (AvgIpc) is 2.48. The van der Waals surface area contributed by atoms with Crippen molar-refractivity contribution in [2.24, 2.45) is 0 Å². The Balaban J connectivity index is 2.46. The van der Waals surface area contributed by atoms with E-state index in [-0.39, 0.29) is 17.2 Å². The summed E-state index contributed by atoms with van der Waals surface area (Å²) in [5, 5.41) is 9.58. The summed E-state index contributed by atoms with van der Waals surface area (Å²) < 4.78 is 70.8. The number of phenols is 1. The van der Waals surface area contributed by atoms with E-state index in [2.05, 4.69) is 15.9 Å². The molecular weight excluding hydrogens is 403 g/mol. The Morgan fingerprint density at radius 2 is 1.83 bits per heavy atom. The second kappa shape index (κ2) is 6.28. The van der Waals surface area contributed by atoms with Gasteiger partial charge in [-0.15, -0.1) is 0 Å². The van der Waals surface area contributed by atoms with Crippen molar-refractivity contribution in [3.8, 4) is 11.5 Å². The lowest BCUT2D eigenvalue weighted by atomic mass is 10.3. The third-order valence-electron chi connectivity index (χ3n) is 2.79. The number of ether oxygens (including phenoxy) is 1. The van der Waals surface area contributed by atoms with Gasteiger partial charge in [-0.05, 0) is 34.1 Å². The van der Waals surface area contributed by atoms with Crippen molar-refractivity contribution in [3.63, 3.8) is 0 Å². The topological polar surface area (TPSA) is 75.6 Å². The fourth-order valence-corrected chi connectivity index (χ4v) is 3.13. The van der Waals surface area contributed by atoms with E-state index in [1.54, 1.807) is 0 Å². The van der Waals surface area contributed by atoms with Crippen LogP contribution in [-0.4, -0.2) is 20.6 Å². The third kappa shape index (κ3) is 3.37. The zero-order chi connectivity index (χ0) is 17.4. The van der Waals surface area contributed by atoms with Crippen LogP contribution in [0.25, 0.3) is 0 Å². The van der Waals surface area contributed by atoms with E-state index in [0.717, 1.165) is 6.07 Å². The van der Waals surface area contributed by atoms with Crippen LogP contribution in [0.1, 0.15) is 0 Å². The van der Waals surface area contributed by atoms with Crippen molar-refractivity contribution in [3.05, 3.63) is 46.2 Å². The van der Waals surface area contributed by atoms with Crippen LogP contribution in [-0.2, 0) is 10.0 Å². The lowest BCUT2D eigenvalue weighted by Crippen LogP contribution is -2.16. The van der Waals surface area contributed by atoms with Gasteiger partial charge in [0.2, 0.25) is 0 Å². The molecule has 23 heavy (non-hydrogen) atoms. The number of rotatable bonds is 4. The van der Waals surface area contributed by atoms with E-state index in [1.165, 1.54) is 19.2 Å². The predicted molar refractivity (Wildman–Crippen MR) is 79.5 cm³/mol. The largest absolute Gasteiger partial charge is 0.504 e. The molecule has 0 amide bonds. The highest BCUT2D eigenvalue weighted by atomic mass is 79.9. The summed E-state index contributed by atoms with van der Waals surface area (Å²) in [6.07, 6.45) is 0. The molecule has 10 heteroatoms. The summed E-state index contributed by atoms with van der Waals surface area (Å²) in [6, 6.07) is 3.82. The van der Waals surface area contributed by atoms with Gasteiger partial charge >= 0.3 is 0 Å². The summed E-state index contributed by atoms with van der Waals surface area (Å²) in [4.78, 5) is -1.20. The Hall–Kier alpha value is -1.94. The molecule has 0 aliphatic heterocycles. The Kier molecular flexibility index (Phi) is 4.76. The first-order valence-corrected chi connectivity index (χ1v) is 8.18. The first-order valence-electron chi connectivity index (χ1n) is 5.90. The minimum absolute atomic E-state index is 0.0832. The Morgan fingerprint density at radius 1 is 1.17 bits per heavy atom. The molecule has 0 atom stereocenters. The molecular formula is C13H9BrF3NO4S. The van der Waals surface area contributed by atoms with Crippen molar-refractivity contribution in [1.82, 2.24) is 0 Å². The highest BCUT2D eigenvalue weighted by molar-refractivity contribution is 9.10. The van der Waals surface area contributed by atoms with Gasteiger partial charge < -0.3 is 9.84 Å². The molecule has 0 aromatic heterocycles. The molecule has 124 valence electrons. The number of sulfonamides is 1. The van der Waals surface area contributed by atoms with Gasteiger partial charge in [0, 0.05) is 6.07 Å². The number of benzene rings is 2. The number of aromatic hydroxyl groups is 1. The molecule has 0 saturated heterocycles. The van der Waals surface area contributed by atoms with Crippen LogP contribution < -0.4 is 9.46 Å².